The predicted molar refractivity (Wildman–Crippen MR) is 49.4 cm³/mol. The number of carbonyl (C=O) groups is 1. The van der Waals surface area contributed by atoms with Crippen molar-refractivity contribution < 1.29 is 4.79 Å². The number of hydrogen-bond acceptors (Lipinski definition) is 3. The van der Waals surface area contributed by atoms with Crippen molar-refractivity contribution in [2.75, 3.05) is 11.5 Å². The molecule has 4 heteroatoms. The molecule has 0 rings (SSSR count). The molecule has 0 aliphatic carbocycles. The van der Waals surface area contributed by atoms with Gasteiger partial charge < -0.3 is 11.5 Å². The van der Waals surface area contributed by atoms with Gasteiger partial charge in [-0.15, -0.1) is 0 Å². The van der Waals surface area contributed by atoms with Crippen molar-refractivity contribution in [1.82, 2.24) is 0 Å². The standard InChI is InChI=1S/C7H16N2OS/c1-2-4-11-5-3-6(8)7(9)10/h6H,2-5,8H2,1H3,(H2,9,10)/t6-/m1/s1. The Kier molecular flexibility index (Phi) is 6.36. The van der Waals surface area contributed by atoms with E-state index in [0.717, 1.165) is 17.9 Å². The first-order chi connectivity index (χ1) is 5.18. The molecule has 11 heavy (non-hydrogen) atoms. The molecule has 0 heterocycles. The van der Waals surface area contributed by atoms with Crippen molar-refractivity contribution in [3.8, 4) is 0 Å². The molecule has 0 fully saturated rings. The van der Waals surface area contributed by atoms with Crippen LogP contribution in [0.25, 0.3) is 0 Å². The molecular weight excluding hydrogens is 160 g/mol. The predicted octanol–water partition coefficient (Wildman–Crippen LogP) is 0.332. The molecule has 1 atom stereocenters. The average molecular weight is 176 g/mol. The minimum Gasteiger partial charge on any atom is -0.368 e. The van der Waals surface area contributed by atoms with Crippen LogP contribution in [-0.2, 0) is 4.79 Å². The molecule has 0 aromatic carbocycles. The lowest BCUT2D eigenvalue weighted by atomic mass is 10.2. The van der Waals surface area contributed by atoms with E-state index in [1.807, 2.05) is 11.8 Å². The molecule has 0 radical (unpaired) electrons. The fourth-order valence-electron chi connectivity index (χ4n) is 0.599. The quantitative estimate of drug-likeness (QED) is 0.573. The summed E-state index contributed by atoms with van der Waals surface area (Å²) >= 11 is 1.81. The molecule has 66 valence electrons. The zero-order chi connectivity index (χ0) is 8.69. The van der Waals surface area contributed by atoms with Crippen LogP contribution >= 0.6 is 11.8 Å². The van der Waals surface area contributed by atoms with Crippen molar-refractivity contribution in [1.29, 1.82) is 0 Å². The number of nitrogens with two attached hydrogens (primary N) is 2. The van der Waals surface area contributed by atoms with E-state index in [-0.39, 0.29) is 0 Å². The van der Waals surface area contributed by atoms with Crippen LogP contribution in [0.5, 0.6) is 0 Å². The number of primary amides is 1. The second kappa shape index (κ2) is 6.49. The minimum absolute atomic E-state index is 0.401. The second-order valence-electron chi connectivity index (χ2n) is 2.41. The molecule has 0 aromatic rings. The maximum Gasteiger partial charge on any atom is 0.234 e. The summed E-state index contributed by atoms with van der Waals surface area (Å²) in [5.41, 5.74) is 10.4. The van der Waals surface area contributed by atoms with Gasteiger partial charge in [0.1, 0.15) is 0 Å². The highest BCUT2D eigenvalue weighted by molar-refractivity contribution is 7.99. The van der Waals surface area contributed by atoms with Crippen LogP contribution in [0.2, 0.25) is 0 Å². The summed E-state index contributed by atoms with van der Waals surface area (Å²) in [5, 5.41) is 0. The highest BCUT2D eigenvalue weighted by atomic mass is 32.2. The third kappa shape index (κ3) is 6.19. The molecule has 0 aromatic heterocycles. The fourth-order valence-corrected chi connectivity index (χ4v) is 1.51. The first-order valence-electron chi connectivity index (χ1n) is 3.81. The highest BCUT2D eigenvalue weighted by Crippen LogP contribution is 2.04. The fraction of sp³-hybridized carbons (Fsp3) is 0.857. The smallest absolute Gasteiger partial charge is 0.234 e. The number of hydrogen-bond donors (Lipinski definition) is 2. The molecule has 0 aliphatic rings. The van der Waals surface area contributed by atoms with Gasteiger partial charge in [0.15, 0.2) is 0 Å². The molecule has 4 N–H and O–H groups in total. The number of amides is 1. The van der Waals surface area contributed by atoms with E-state index in [1.165, 1.54) is 0 Å². The van der Waals surface area contributed by atoms with Gasteiger partial charge in [-0.1, -0.05) is 6.92 Å². The number of rotatable bonds is 6. The Balaban J connectivity index is 3.17. The number of carbonyl (C=O) groups excluding carboxylic acids is 1. The molecule has 3 nitrogen and oxygen atoms in total. The summed E-state index contributed by atoms with van der Waals surface area (Å²) in [6.07, 6.45) is 1.86. The summed E-state index contributed by atoms with van der Waals surface area (Å²) in [4.78, 5) is 10.5. The maximum absolute atomic E-state index is 10.5. The Morgan fingerprint density at radius 3 is 2.64 bits per heavy atom. The van der Waals surface area contributed by atoms with Gasteiger partial charge in [-0.3, -0.25) is 4.79 Å². The summed E-state index contributed by atoms with van der Waals surface area (Å²) in [6, 6.07) is -0.459. The SMILES string of the molecule is CCCSCC[C@@H](N)C(N)=O. The maximum atomic E-state index is 10.5. The van der Waals surface area contributed by atoms with Gasteiger partial charge >= 0.3 is 0 Å². The first kappa shape index (κ1) is 10.8. The van der Waals surface area contributed by atoms with Crippen LogP contribution < -0.4 is 11.5 Å². The van der Waals surface area contributed by atoms with E-state index in [0.29, 0.717) is 6.42 Å². The second-order valence-corrected chi connectivity index (χ2v) is 3.63. The van der Waals surface area contributed by atoms with Crippen molar-refractivity contribution in [2.24, 2.45) is 11.5 Å². The van der Waals surface area contributed by atoms with Crippen molar-refractivity contribution >= 4 is 17.7 Å². The lowest BCUT2D eigenvalue weighted by Gasteiger charge is -2.05. The Morgan fingerprint density at radius 2 is 2.18 bits per heavy atom. The number of thioether (sulfide) groups is 1. The Bertz CT molecular complexity index is 119. The lowest BCUT2D eigenvalue weighted by Crippen LogP contribution is -2.36. The third-order valence-electron chi connectivity index (χ3n) is 1.29. The van der Waals surface area contributed by atoms with Gasteiger partial charge in [-0.05, 0) is 24.3 Å². The lowest BCUT2D eigenvalue weighted by molar-refractivity contribution is -0.119. The van der Waals surface area contributed by atoms with Crippen LogP contribution in [0.4, 0.5) is 0 Å². The van der Waals surface area contributed by atoms with E-state index in [4.69, 9.17) is 11.5 Å². The van der Waals surface area contributed by atoms with Crippen LogP contribution in [0.15, 0.2) is 0 Å². The van der Waals surface area contributed by atoms with Gasteiger partial charge in [0.2, 0.25) is 5.91 Å². The molecule has 0 saturated carbocycles. The summed E-state index contributed by atoms with van der Waals surface area (Å²) < 4.78 is 0. The van der Waals surface area contributed by atoms with Crippen LogP contribution in [0.1, 0.15) is 19.8 Å². The molecule has 0 aliphatic heterocycles. The summed E-state index contributed by atoms with van der Waals surface area (Å²) in [7, 11) is 0. The van der Waals surface area contributed by atoms with E-state index < -0.39 is 11.9 Å². The van der Waals surface area contributed by atoms with Crippen molar-refractivity contribution in [2.45, 2.75) is 25.8 Å². The van der Waals surface area contributed by atoms with E-state index in [1.54, 1.807) is 0 Å². The molecule has 0 unspecified atom stereocenters. The molecular formula is C7H16N2OS. The highest BCUT2D eigenvalue weighted by Gasteiger charge is 2.07. The van der Waals surface area contributed by atoms with Crippen molar-refractivity contribution in [3.05, 3.63) is 0 Å². The van der Waals surface area contributed by atoms with E-state index in [9.17, 15) is 4.79 Å². The minimum atomic E-state index is -0.459. The van der Waals surface area contributed by atoms with E-state index in [2.05, 4.69) is 6.92 Å². The summed E-state index contributed by atoms with van der Waals surface area (Å²) in [5.74, 6) is 1.66. The largest absolute Gasteiger partial charge is 0.368 e. The zero-order valence-corrected chi connectivity index (χ0v) is 7.69. The molecule has 0 spiro atoms. The Hall–Kier alpha value is -0.220. The monoisotopic (exact) mass is 176 g/mol. The normalized spacial score (nSPS) is 12.9. The van der Waals surface area contributed by atoms with Gasteiger partial charge in [-0.25, -0.2) is 0 Å². The Labute approximate surface area is 71.9 Å². The van der Waals surface area contributed by atoms with Gasteiger partial charge in [0.05, 0.1) is 6.04 Å². The van der Waals surface area contributed by atoms with E-state index >= 15 is 0 Å². The molecule has 0 saturated heterocycles. The molecule has 1 amide bonds. The van der Waals surface area contributed by atoms with Gasteiger partial charge in [-0.2, -0.15) is 11.8 Å². The third-order valence-corrected chi connectivity index (χ3v) is 2.51. The zero-order valence-electron chi connectivity index (χ0n) is 6.88. The average Bonchev–Trinajstić information content (AvgIpc) is 1.97. The topological polar surface area (TPSA) is 69.1 Å². The van der Waals surface area contributed by atoms with Crippen LogP contribution in [0, 0.1) is 0 Å². The van der Waals surface area contributed by atoms with Crippen LogP contribution in [0.3, 0.4) is 0 Å². The van der Waals surface area contributed by atoms with Gasteiger partial charge in [0.25, 0.3) is 0 Å². The Morgan fingerprint density at radius 1 is 1.55 bits per heavy atom. The van der Waals surface area contributed by atoms with Crippen molar-refractivity contribution in [3.63, 3.8) is 0 Å². The van der Waals surface area contributed by atoms with Crippen LogP contribution in [-0.4, -0.2) is 23.5 Å². The first-order valence-corrected chi connectivity index (χ1v) is 4.96. The summed E-state index contributed by atoms with van der Waals surface area (Å²) in [6.45, 7) is 2.13. The molecule has 0 bridgehead atoms. The van der Waals surface area contributed by atoms with Gasteiger partial charge in [0, 0.05) is 0 Å².